The molecule has 8 heteroatoms. The first-order valence-corrected chi connectivity index (χ1v) is 6.90. The van der Waals surface area contributed by atoms with Gasteiger partial charge in [0.15, 0.2) is 0 Å². The minimum absolute atomic E-state index is 0.0361. The first-order valence-electron chi connectivity index (χ1n) is 5.46. The van der Waals surface area contributed by atoms with Crippen LogP contribution in [0.3, 0.4) is 0 Å². The molecule has 0 aliphatic heterocycles. The zero-order valence-corrected chi connectivity index (χ0v) is 11.0. The molecule has 0 amide bonds. The van der Waals surface area contributed by atoms with Gasteiger partial charge in [-0.1, -0.05) is 6.92 Å². The van der Waals surface area contributed by atoms with Gasteiger partial charge < -0.3 is 5.11 Å². The number of aliphatic carboxylic acids is 1. The Balaban J connectivity index is 3.13. The molecule has 19 heavy (non-hydrogen) atoms. The van der Waals surface area contributed by atoms with Crippen molar-refractivity contribution >= 4 is 16.0 Å². The molecule has 0 saturated heterocycles. The summed E-state index contributed by atoms with van der Waals surface area (Å²) in [6.45, 7) is 1.15. The molecule has 1 aromatic rings. The predicted octanol–water partition coefficient (Wildman–Crippen LogP) is 1.45. The molecule has 0 fully saturated rings. The van der Waals surface area contributed by atoms with E-state index in [0.29, 0.717) is 12.1 Å². The van der Waals surface area contributed by atoms with Gasteiger partial charge in [-0.25, -0.2) is 17.2 Å². The van der Waals surface area contributed by atoms with Crippen LogP contribution < -0.4 is 0 Å². The maximum Gasteiger partial charge on any atom is 0.304 e. The molecule has 106 valence electrons. The van der Waals surface area contributed by atoms with Gasteiger partial charge in [0, 0.05) is 13.1 Å². The summed E-state index contributed by atoms with van der Waals surface area (Å²) in [5, 5.41) is 8.54. The number of carboxylic acid groups (broad SMARTS) is 1. The van der Waals surface area contributed by atoms with Gasteiger partial charge in [0.05, 0.1) is 6.42 Å². The highest BCUT2D eigenvalue weighted by Gasteiger charge is 2.27. The van der Waals surface area contributed by atoms with Gasteiger partial charge in [-0.15, -0.1) is 0 Å². The Hall–Kier alpha value is -1.54. The van der Waals surface area contributed by atoms with Crippen molar-refractivity contribution in [1.29, 1.82) is 0 Å². The van der Waals surface area contributed by atoms with E-state index in [4.69, 9.17) is 5.11 Å². The van der Waals surface area contributed by atoms with Gasteiger partial charge in [0.2, 0.25) is 10.0 Å². The summed E-state index contributed by atoms with van der Waals surface area (Å²) < 4.78 is 51.4. The maximum absolute atomic E-state index is 13.5. The summed E-state index contributed by atoms with van der Waals surface area (Å²) in [4.78, 5) is 9.66. The molecule has 0 atom stereocenters. The Kier molecular flexibility index (Phi) is 4.96. The molecule has 1 rings (SSSR count). The lowest BCUT2D eigenvalue weighted by molar-refractivity contribution is -0.137. The molecule has 0 radical (unpaired) electrons. The number of hydrogen-bond donors (Lipinski definition) is 1. The van der Waals surface area contributed by atoms with E-state index in [1.54, 1.807) is 0 Å². The average molecular weight is 293 g/mol. The van der Waals surface area contributed by atoms with Gasteiger partial charge >= 0.3 is 5.97 Å². The smallest absolute Gasteiger partial charge is 0.304 e. The van der Waals surface area contributed by atoms with Crippen LogP contribution in [0.4, 0.5) is 8.78 Å². The average Bonchev–Trinajstić information content (AvgIpc) is 2.32. The van der Waals surface area contributed by atoms with E-state index in [9.17, 15) is 22.0 Å². The van der Waals surface area contributed by atoms with Crippen LogP contribution >= 0.6 is 0 Å². The van der Waals surface area contributed by atoms with Crippen molar-refractivity contribution in [2.24, 2.45) is 0 Å². The molecule has 0 aliphatic carbocycles. The van der Waals surface area contributed by atoms with Crippen LogP contribution in [0.2, 0.25) is 0 Å². The van der Waals surface area contributed by atoms with Crippen LogP contribution in [-0.2, 0) is 14.8 Å². The molecule has 0 bridgehead atoms. The quantitative estimate of drug-likeness (QED) is 0.861. The topological polar surface area (TPSA) is 74.7 Å². The molecule has 5 nitrogen and oxygen atoms in total. The minimum atomic E-state index is -4.24. The van der Waals surface area contributed by atoms with Crippen molar-refractivity contribution in [2.75, 3.05) is 13.1 Å². The number of benzene rings is 1. The second-order valence-electron chi connectivity index (χ2n) is 3.72. The first kappa shape index (κ1) is 15.5. The van der Waals surface area contributed by atoms with Crippen LogP contribution in [0.1, 0.15) is 13.3 Å². The van der Waals surface area contributed by atoms with Gasteiger partial charge in [0.1, 0.15) is 16.5 Å². The van der Waals surface area contributed by atoms with Crippen molar-refractivity contribution in [3.63, 3.8) is 0 Å². The maximum atomic E-state index is 13.5. The minimum Gasteiger partial charge on any atom is -0.481 e. The van der Waals surface area contributed by atoms with Crippen molar-refractivity contribution in [3.8, 4) is 0 Å². The van der Waals surface area contributed by atoms with Gasteiger partial charge in [-0.3, -0.25) is 4.79 Å². The van der Waals surface area contributed by atoms with Crippen molar-refractivity contribution in [3.05, 3.63) is 29.8 Å². The lowest BCUT2D eigenvalue weighted by atomic mass is 10.3. The standard InChI is InChI=1S/C11H13F2NO4S/c1-2-14(6-5-11(15)16)19(17,18)10-7-8(12)3-4-9(10)13/h3-4,7H,2,5-6H2,1H3,(H,15,16). The van der Waals surface area contributed by atoms with Crippen molar-refractivity contribution < 1.29 is 27.1 Å². The second-order valence-corrected chi connectivity index (χ2v) is 5.62. The summed E-state index contributed by atoms with van der Waals surface area (Å²) in [6, 6.07) is 2.10. The SMILES string of the molecule is CCN(CCC(=O)O)S(=O)(=O)c1cc(F)ccc1F. The lowest BCUT2D eigenvalue weighted by Crippen LogP contribution is -2.33. The van der Waals surface area contributed by atoms with E-state index < -0.39 is 38.9 Å². The molecule has 1 aromatic carbocycles. The van der Waals surface area contributed by atoms with Gasteiger partial charge in [0.25, 0.3) is 0 Å². The lowest BCUT2D eigenvalue weighted by Gasteiger charge is -2.19. The fourth-order valence-electron chi connectivity index (χ4n) is 1.48. The fourth-order valence-corrected chi connectivity index (χ4v) is 3.01. The summed E-state index contributed by atoms with van der Waals surface area (Å²) in [6.07, 6.45) is -0.413. The summed E-state index contributed by atoms with van der Waals surface area (Å²) in [5.41, 5.74) is 0. The largest absolute Gasteiger partial charge is 0.481 e. The Morgan fingerprint density at radius 3 is 2.53 bits per heavy atom. The number of nitrogens with zero attached hydrogens (tertiary/aromatic N) is 1. The Bertz CT molecular complexity index is 574. The first-order chi connectivity index (χ1) is 8.78. The Labute approximate surface area is 109 Å². The molecular weight excluding hydrogens is 280 g/mol. The molecule has 0 heterocycles. The van der Waals surface area contributed by atoms with Crippen LogP contribution in [0.5, 0.6) is 0 Å². The van der Waals surface area contributed by atoms with E-state index in [1.165, 1.54) is 6.92 Å². The van der Waals surface area contributed by atoms with Crippen LogP contribution in [0.15, 0.2) is 23.1 Å². The van der Waals surface area contributed by atoms with Crippen molar-refractivity contribution in [1.82, 2.24) is 4.31 Å². The monoisotopic (exact) mass is 293 g/mol. The number of rotatable bonds is 6. The number of hydrogen-bond acceptors (Lipinski definition) is 3. The number of halogens is 2. The van der Waals surface area contributed by atoms with Crippen molar-refractivity contribution in [2.45, 2.75) is 18.2 Å². The van der Waals surface area contributed by atoms with Gasteiger partial charge in [-0.05, 0) is 18.2 Å². The normalized spacial score (nSPS) is 11.8. The van der Waals surface area contributed by atoms with E-state index >= 15 is 0 Å². The molecule has 0 aromatic heterocycles. The highest BCUT2D eigenvalue weighted by atomic mass is 32.2. The summed E-state index contributed by atoms with van der Waals surface area (Å²) >= 11 is 0. The summed E-state index contributed by atoms with van der Waals surface area (Å²) in [5.74, 6) is -3.13. The van der Waals surface area contributed by atoms with E-state index in [0.717, 1.165) is 10.4 Å². The second kappa shape index (κ2) is 6.07. The zero-order valence-electron chi connectivity index (χ0n) is 10.1. The highest BCUT2D eigenvalue weighted by Crippen LogP contribution is 2.20. The van der Waals surface area contributed by atoms with E-state index in [-0.39, 0.29) is 13.1 Å². The molecule has 0 spiro atoms. The van der Waals surface area contributed by atoms with E-state index in [2.05, 4.69) is 0 Å². The van der Waals surface area contributed by atoms with Gasteiger partial charge in [-0.2, -0.15) is 4.31 Å². The Morgan fingerprint density at radius 2 is 2.00 bits per heavy atom. The number of carbonyl (C=O) groups is 1. The van der Waals surface area contributed by atoms with Crippen LogP contribution in [-0.4, -0.2) is 36.9 Å². The molecule has 0 saturated carbocycles. The Morgan fingerprint density at radius 1 is 1.37 bits per heavy atom. The van der Waals surface area contributed by atoms with E-state index in [1.807, 2.05) is 0 Å². The number of sulfonamides is 1. The van der Waals surface area contributed by atoms with Crippen LogP contribution in [0.25, 0.3) is 0 Å². The molecular formula is C11H13F2NO4S. The highest BCUT2D eigenvalue weighted by molar-refractivity contribution is 7.89. The zero-order chi connectivity index (χ0) is 14.6. The predicted molar refractivity (Wildman–Crippen MR) is 63.0 cm³/mol. The molecule has 0 aliphatic rings. The summed E-state index contributed by atoms with van der Waals surface area (Å²) in [7, 11) is -4.24. The molecule has 1 N–H and O–H groups in total. The third-order valence-electron chi connectivity index (χ3n) is 2.44. The molecule has 0 unspecified atom stereocenters. The number of carboxylic acids is 1. The fraction of sp³-hybridized carbons (Fsp3) is 0.364. The van der Waals surface area contributed by atoms with Crippen LogP contribution in [0, 0.1) is 11.6 Å². The third kappa shape index (κ3) is 3.71. The third-order valence-corrected chi connectivity index (χ3v) is 4.43.